The van der Waals surface area contributed by atoms with Crippen LogP contribution in [0.3, 0.4) is 0 Å². The molecule has 1 N–H and O–H groups in total. The van der Waals surface area contributed by atoms with Crippen molar-refractivity contribution in [3.63, 3.8) is 0 Å². The number of carboxylic acid groups (broad SMARTS) is 1. The lowest BCUT2D eigenvalue weighted by molar-refractivity contribution is -0.136. The predicted octanol–water partition coefficient (Wildman–Crippen LogP) is 2.16. The van der Waals surface area contributed by atoms with Crippen LogP contribution in [0, 0.1) is 6.92 Å². The molecular formula is C11H11BrO4. The summed E-state index contributed by atoms with van der Waals surface area (Å²) in [7, 11) is 0. The summed E-state index contributed by atoms with van der Waals surface area (Å²) in [6.07, 6.45) is -0.0128. The van der Waals surface area contributed by atoms with Crippen LogP contribution in [0.2, 0.25) is 0 Å². The summed E-state index contributed by atoms with van der Waals surface area (Å²) in [5.41, 5.74) is 1.57. The maximum Gasteiger partial charge on any atom is 0.307 e. The summed E-state index contributed by atoms with van der Waals surface area (Å²) in [5.74, 6) is 0.460. The maximum absolute atomic E-state index is 10.7. The zero-order chi connectivity index (χ0) is 11.7. The Bertz CT molecular complexity index is 442. The van der Waals surface area contributed by atoms with Gasteiger partial charge >= 0.3 is 5.97 Å². The lowest BCUT2D eigenvalue weighted by Crippen LogP contribution is -2.17. The fourth-order valence-electron chi connectivity index (χ4n) is 1.69. The van der Waals surface area contributed by atoms with Crippen LogP contribution in [0.25, 0.3) is 0 Å². The molecule has 0 radical (unpaired) electrons. The van der Waals surface area contributed by atoms with Gasteiger partial charge in [0.05, 0.1) is 10.9 Å². The number of carboxylic acids is 1. The van der Waals surface area contributed by atoms with Gasteiger partial charge in [0.15, 0.2) is 11.5 Å². The fraction of sp³-hybridized carbons (Fsp3) is 0.364. The first-order valence-electron chi connectivity index (χ1n) is 4.89. The van der Waals surface area contributed by atoms with Gasteiger partial charge in [0.25, 0.3) is 0 Å². The van der Waals surface area contributed by atoms with Gasteiger partial charge in [-0.2, -0.15) is 0 Å². The molecule has 0 amide bonds. The smallest absolute Gasteiger partial charge is 0.307 e. The summed E-state index contributed by atoms with van der Waals surface area (Å²) in [4.78, 5) is 10.7. The number of carbonyl (C=O) groups is 1. The summed E-state index contributed by atoms with van der Waals surface area (Å²) < 4.78 is 11.7. The number of halogens is 1. The minimum atomic E-state index is -0.855. The molecule has 2 rings (SSSR count). The van der Waals surface area contributed by atoms with Crippen molar-refractivity contribution in [1.82, 2.24) is 0 Å². The van der Waals surface area contributed by atoms with Gasteiger partial charge in [-0.1, -0.05) is 0 Å². The second-order valence-electron chi connectivity index (χ2n) is 3.57. The van der Waals surface area contributed by atoms with Gasteiger partial charge in [0.2, 0.25) is 0 Å². The van der Waals surface area contributed by atoms with Crippen LogP contribution in [-0.4, -0.2) is 24.3 Å². The molecule has 0 aromatic heterocycles. The van der Waals surface area contributed by atoms with E-state index in [2.05, 4.69) is 15.9 Å². The molecule has 1 aromatic carbocycles. The molecule has 0 spiro atoms. The van der Waals surface area contributed by atoms with Gasteiger partial charge in [0.1, 0.15) is 13.2 Å². The minimum Gasteiger partial charge on any atom is -0.486 e. The Morgan fingerprint density at radius 3 is 2.69 bits per heavy atom. The third kappa shape index (κ3) is 2.00. The molecule has 1 aromatic rings. The largest absolute Gasteiger partial charge is 0.486 e. The first-order chi connectivity index (χ1) is 7.59. The van der Waals surface area contributed by atoms with E-state index < -0.39 is 5.97 Å². The SMILES string of the molecule is Cc1c(CC(=O)O)cc(Br)c2c1OCCO2. The van der Waals surface area contributed by atoms with Crippen molar-refractivity contribution < 1.29 is 19.4 Å². The monoisotopic (exact) mass is 286 g/mol. The van der Waals surface area contributed by atoms with E-state index in [1.54, 1.807) is 6.07 Å². The van der Waals surface area contributed by atoms with Gasteiger partial charge in [-0.15, -0.1) is 0 Å². The van der Waals surface area contributed by atoms with Crippen molar-refractivity contribution >= 4 is 21.9 Å². The normalized spacial score (nSPS) is 13.6. The number of ether oxygens (including phenoxy) is 2. The van der Waals surface area contributed by atoms with Crippen molar-refractivity contribution in [3.8, 4) is 11.5 Å². The van der Waals surface area contributed by atoms with Gasteiger partial charge in [-0.25, -0.2) is 0 Å². The topological polar surface area (TPSA) is 55.8 Å². The highest BCUT2D eigenvalue weighted by Crippen LogP contribution is 2.41. The van der Waals surface area contributed by atoms with E-state index in [-0.39, 0.29) is 6.42 Å². The lowest BCUT2D eigenvalue weighted by Gasteiger charge is -2.22. The van der Waals surface area contributed by atoms with Gasteiger partial charge in [0, 0.05) is 0 Å². The molecule has 1 heterocycles. The highest BCUT2D eigenvalue weighted by Gasteiger charge is 2.21. The van der Waals surface area contributed by atoms with E-state index in [0.717, 1.165) is 15.6 Å². The van der Waals surface area contributed by atoms with E-state index in [0.29, 0.717) is 24.7 Å². The Morgan fingerprint density at radius 2 is 2.06 bits per heavy atom. The van der Waals surface area contributed by atoms with Gasteiger partial charge < -0.3 is 14.6 Å². The Hall–Kier alpha value is -1.23. The van der Waals surface area contributed by atoms with Crippen molar-refractivity contribution in [2.24, 2.45) is 0 Å². The molecular weight excluding hydrogens is 276 g/mol. The van der Waals surface area contributed by atoms with Crippen molar-refractivity contribution in [2.75, 3.05) is 13.2 Å². The van der Waals surface area contributed by atoms with E-state index in [1.807, 2.05) is 6.92 Å². The summed E-state index contributed by atoms with van der Waals surface area (Å²) in [6.45, 7) is 2.86. The zero-order valence-corrected chi connectivity index (χ0v) is 10.3. The number of benzene rings is 1. The number of hydrogen-bond acceptors (Lipinski definition) is 3. The summed E-state index contributed by atoms with van der Waals surface area (Å²) >= 11 is 3.36. The van der Waals surface area contributed by atoms with Crippen LogP contribution in [0.15, 0.2) is 10.5 Å². The Kier molecular flexibility index (Phi) is 3.05. The Labute approximate surface area is 101 Å². The summed E-state index contributed by atoms with van der Waals surface area (Å²) in [6, 6.07) is 1.77. The standard InChI is InChI=1S/C11H11BrO4/c1-6-7(5-9(13)14)4-8(12)11-10(6)15-2-3-16-11/h4H,2-3,5H2,1H3,(H,13,14). The molecule has 5 heteroatoms. The predicted molar refractivity (Wildman–Crippen MR) is 61.2 cm³/mol. The van der Waals surface area contributed by atoms with Crippen LogP contribution in [-0.2, 0) is 11.2 Å². The second-order valence-corrected chi connectivity index (χ2v) is 4.42. The minimum absolute atomic E-state index is 0.0128. The number of rotatable bonds is 2. The number of aliphatic carboxylic acids is 1. The average molecular weight is 287 g/mol. The molecule has 0 bridgehead atoms. The molecule has 86 valence electrons. The average Bonchev–Trinajstić information content (AvgIpc) is 2.25. The molecule has 0 atom stereocenters. The zero-order valence-electron chi connectivity index (χ0n) is 8.75. The van der Waals surface area contributed by atoms with Crippen LogP contribution < -0.4 is 9.47 Å². The molecule has 4 nitrogen and oxygen atoms in total. The third-order valence-electron chi connectivity index (χ3n) is 2.46. The highest BCUT2D eigenvalue weighted by molar-refractivity contribution is 9.10. The van der Waals surface area contributed by atoms with E-state index in [9.17, 15) is 4.79 Å². The van der Waals surface area contributed by atoms with Crippen molar-refractivity contribution in [1.29, 1.82) is 0 Å². The quantitative estimate of drug-likeness (QED) is 0.905. The molecule has 0 unspecified atom stereocenters. The van der Waals surface area contributed by atoms with Crippen LogP contribution in [0.4, 0.5) is 0 Å². The Morgan fingerprint density at radius 1 is 1.44 bits per heavy atom. The summed E-state index contributed by atoms with van der Waals surface area (Å²) in [5, 5.41) is 8.80. The molecule has 0 fully saturated rings. The molecule has 1 aliphatic rings. The first-order valence-corrected chi connectivity index (χ1v) is 5.68. The second kappa shape index (κ2) is 4.33. The third-order valence-corrected chi connectivity index (χ3v) is 3.05. The Balaban J connectivity index is 2.49. The maximum atomic E-state index is 10.7. The molecule has 1 aliphatic heterocycles. The van der Waals surface area contributed by atoms with Gasteiger partial charge in [-0.05, 0) is 40.0 Å². The molecule has 0 saturated heterocycles. The van der Waals surface area contributed by atoms with E-state index in [1.165, 1.54) is 0 Å². The van der Waals surface area contributed by atoms with Gasteiger partial charge in [-0.3, -0.25) is 4.79 Å². The number of fused-ring (bicyclic) bond motifs is 1. The molecule has 16 heavy (non-hydrogen) atoms. The van der Waals surface area contributed by atoms with Crippen LogP contribution in [0.5, 0.6) is 11.5 Å². The molecule has 0 saturated carbocycles. The van der Waals surface area contributed by atoms with Crippen molar-refractivity contribution in [3.05, 3.63) is 21.7 Å². The van der Waals surface area contributed by atoms with Crippen LogP contribution in [0.1, 0.15) is 11.1 Å². The first kappa shape index (κ1) is 11.3. The number of hydrogen-bond donors (Lipinski definition) is 1. The molecule has 0 aliphatic carbocycles. The van der Waals surface area contributed by atoms with E-state index in [4.69, 9.17) is 14.6 Å². The van der Waals surface area contributed by atoms with Crippen molar-refractivity contribution in [2.45, 2.75) is 13.3 Å². The lowest BCUT2D eigenvalue weighted by atomic mass is 10.0. The van der Waals surface area contributed by atoms with E-state index >= 15 is 0 Å². The fourth-order valence-corrected chi connectivity index (χ4v) is 2.26. The van der Waals surface area contributed by atoms with Crippen LogP contribution >= 0.6 is 15.9 Å². The highest BCUT2D eigenvalue weighted by atomic mass is 79.9.